The summed E-state index contributed by atoms with van der Waals surface area (Å²) in [6, 6.07) is 1.31. The molecule has 1 N–H and O–H groups in total. The van der Waals surface area contributed by atoms with Crippen LogP contribution in [0.15, 0.2) is 12.2 Å². The molecule has 3 atom stereocenters. The van der Waals surface area contributed by atoms with Gasteiger partial charge in [-0.3, -0.25) is 0 Å². The summed E-state index contributed by atoms with van der Waals surface area (Å²) in [5, 5.41) is 3.61. The van der Waals surface area contributed by atoms with Gasteiger partial charge in [0.05, 0.1) is 13.2 Å². The molecule has 3 unspecified atom stereocenters. The zero-order chi connectivity index (χ0) is 12.8. The van der Waals surface area contributed by atoms with Crippen molar-refractivity contribution in [3.63, 3.8) is 0 Å². The second-order valence-corrected chi connectivity index (χ2v) is 5.57. The van der Waals surface area contributed by atoms with Gasteiger partial charge in [0.2, 0.25) is 0 Å². The second kappa shape index (κ2) is 7.14. The third-order valence-electron chi connectivity index (χ3n) is 3.61. The maximum absolute atomic E-state index is 5.50. The Morgan fingerprint density at radius 1 is 1.47 bits per heavy atom. The SMILES string of the molecule is C=C(C)COCCNC1CC(C)N(C)CC1C. The number of hydrogen-bond acceptors (Lipinski definition) is 3. The molecule has 0 aromatic rings. The normalized spacial score (nSPS) is 30.5. The molecular formula is C14H28N2O. The molecule has 100 valence electrons. The first-order valence-corrected chi connectivity index (χ1v) is 6.66. The topological polar surface area (TPSA) is 24.5 Å². The van der Waals surface area contributed by atoms with Crippen molar-refractivity contribution in [1.29, 1.82) is 0 Å². The molecule has 0 aliphatic carbocycles. The fourth-order valence-corrected chi connectivity index (χ4v) is 2.39. The molecule has 1 aliphatic rings. The molecule has 1 rings (SSSR count). The molecule has 0 radical (unpaired) electrons. The first kappa shape index (κ1) is 14.7. The Bertz CT molecular complexity index is 242. The molecule has 17 heavy (non-hydrogen) atoms. The molecule has 0 amide bonds. The molecule has 1 heterocycles. The van der Waals surface area contributed by atoms with Crippen LogP contribution in [0.3, 0.4) is 0 Å². The highest BCUT2D eigenvalue weighted by atomic mass is 16.5. The standard InChI is InChI=1S/C14H28N2O/c1-11(2)10-17-7-6-15-14-8-13(4)16(5)9-12(14)3/h12-15H,1,6-10H2,2-5H3. The van der Waals surface area contributed by atoms with Crippen molar-refractivity contribution in [2.75, 3.05) is 33.4 Å². The molecule has 0 aromatic carbocycles. The largest absolute Gasteiger partial charge is 0.376 e. The van der Waals surface area contributed by atoms with E-state index in [0.717, 1.165) is 24.6 Å². The molecule has 0 spiro atoms. The van der Waals surface area contributed by atoms with E-state index in [1.165, 1.54) is 13.0 Å². The summed E-state index contributed by atoms with van der Waals surface area (Å²) in [4.78, 5) is 2.44. The van der Waals surface area contributed by atoms with Crippen LogP contribution >= 0.6 is 0 Å². The summed E-state index contributed by atoms with van der Waals surface area (Å²) in [7, 11) is 2.22. The van der Waals surface area contributed by atoms with Gasteiger partial charge in [-0.1, -0.05) is 19.1 Å². The Labute approximate surface area is 106 Å². The van der Waals surface area contributed by atoms with Gasteiger partial charge in [0.1, 0.15) is 0 Å². The fraction of sp³-hybridized carbons (Fsp3) is 0.857. The van der Waals surface area contributed by atoms with Gasteiger partial charge in [0.25, 0.3) is 0 Å². The van der Waals surface area contributed by atoms with E-state index in [1.807, 2.05) is 6.92 Å². The zero-order valence-electron chi connectivity index (χ0n) is 11.8. The van der Waals surface area contributed by atoms with Gasteiger partial charge < -0.3 is 15.0 Å². The van der Waals surface area contributed by atoms with E-state index in [1.54, 1.807) is 0 Å². The van der Waals surface area contributed by atoms with Gasteiger partial charge in [-0.05, 0) is 33.2 Å². The van der Waals surface area contributed by atoms with Gasteiger partial charge in [-0.2, -0.15) is 0 Å². The van der Waals surface area contributed by atoms with Gasteiger partial charge in [0.15, 0.2) is 0 Å². The Balaban J connectivity index is 2.16. The Morgan fingerprint density at radius 2 is 2.18 bits per heavy atom. The molecule has 3 nitrogen and oxygen atoms in total. The van der Waals surface area contributed by atoms with Crippen LogP contribution in [-0.2, 0) is 4.74 Å². The Morgan fingerprint density at radius 3 is 2.82 bits per heavy atom. The van der Waals surface area contributed by atoms with Gasteiger partial charge in [0, 0.05) is 25.2 Å². The third-order valence-corrected chi connectivity index (χ3v) is 3.61. The van der Waals surface area contributed by atoms with E-state index in [2.05, 4.69) is 37.7 Å². The van der Waals surface area contributed by atoms with E-state index in [-0.39, 0.29) is 0 Å². The average molecular weight is 240 g/mol. The number of piperidine rings is 1. The number of rotatable bonds is 6. The van der Waals surface area contributed by atoms with Crippen molar-refractivity contribution in [3.05, 3.63) is 12.2 Å². The lowest BCUT2D eigenvalue weighted by Gasteiger charge is -2.40. The molecule has 1 saturated heterocycles. The van der Waals surface area contributed by atoms with E-state index < -0.39 is 0 Å². The van der Waals surface area contributed by atoms with E-state index >= 15 is 0 Å². The Kier molecular flexibility index (Phi) is 6.17. The monoisotopic (exact) mass is 240 g/mol. The minimum Gasteiger partial charge on any atom is -0.376 e. The van der Waals surface area contributed by atoms with E-state index in [4.69, 9.17) is 4.74 Å². The smallest absolute Gasteiger partial charge is 0.0672 e. The van der Waals surface area contributed by atoms with Crippen LogP contribution < -0.4 is 5.32 Å². The lowest BCUT2D eigenvalue weighted by molar-refractivity contribution is 0.109. The number of hydrogen-bond donors (Lipinski definition) is 1. The molecule has 1 fully saturated rings. The molecule has 0 saturated carbocycles. The Hall–Kier alpha value is -0.380. The molecule has 0 aromatic heterocycles. The zero-order valence-corrected chi connectivity index (χ0v) is 11.8. The maximum Gasteiger partial charge on any atom is 0.0672 e. The molecule has 1 aliphatic heterocycles. The number of nitrogens with one attached hydrogen (secondary N) is 1. The average Bonchev–Trinajstić information content (AvgIpc) is 2.24. The predicted molar refractivity (Wildman–Crippen MR) is 73.3 cm³/mol. The number of likely N-dealkylation sites (tertiary alicyclic amines) is 1. The molecule has 0 bridgehead atoms. The van der Waals surface area contributed by atoms with Crippen molar-refractivity contribution < 1.29 is 4.74 Å². The lowest BCUT2D eigenvalue weighted by atomic mass is 9.90. The third kappa shape index (κ3) is 5.19. The van der Waals surface area contributed by atoms with Crippen LogP contribution in [0.4, 0.5) is 0 Å². The van der Waals surface area contributed by atoms with Crippen LogP contribution in [-0.4, -0.2) is 50.3 Å². The summed E-state index contributed by atoms with van der Waals surface area (Å²) in [5.41, 5.74) is 1.09. The van der Waals surface area contributed by atoms with Gasteiger partial charge in [-0.25, -0.2) is 0 Å². The van der Waals surface area contributed by atoms with Crippen LogP contribution in [0.2, 0.25) is 0 Å². The number of nitrogens with zero attached hydrogens (tertiary/aromatic N) is 1. The second-order valence-electron chi connectivity index (χ2n) is 5.57. The molecular weight excluding hydrogens is 212 g/mol. The predicted octanol–water partition coefficient (Wildman–Crippen LogP) is 1.90. The first-order chi connectivity index (χ1) is 8.00. The summed E-state index contributed by atoms with van der Waals surface area (Å²) in [6.07, 6.45) is 1.23. The van der Waals surface area contributed by atoms with Crippen molar-refractivity contribution in [2.24, 2.45) is 5.92 Å². The highest BCUT2D eigenvalue weighted by molar-refractivity contribution is 4.88. The summed E-state index contributed by atoms with van der Waals surface area (Å²) >= 11 is 0. The minimum absolute atomic E-state index is 0.634. The van der Waals surface area contributed by atoms with Crippen molar-refractivity contribution >= 4 is 0 Å². The van der Waals surface area contributed by atoms with E-state index in [9.17, 15) is 0 Å². The van der Waals surface area contributed by atoms with Crippen LogP contribution in [0.1, 0.15) is 27.2 Å². The van der Waals surface area contributed by atoms with Crippen LogP contribution in [0.25, 0.3) is 0 Å². The molecule has 3 heteroatoms. The van der Waals surface area contributed by atoms with Crippen molar-refractivity contribution in [2.45, 2.75) is 39.3 Å². The van der Waals surface area contributed by atoms with E-state index in [0.29, 0.717) is 18.7 Å². The minimum atomic E-state index is 0.634. The van der Waals surface area contributed by atoms with Crippen LogP contribution in [0, 0.1) is 5.92 Å². The highest BCUT2D eigenvalue weighted by Gasteiger charge is 2.28. The summed E-state index contributed by atoms with van der Waals surface area (Å²) in [6.45, 7) is 14.0. The summed E-state index contributed by atoms with van der Waals surface area (Å²) in [5.74, 6) is 0.720. The fourth-order valence-electron chi connectivity index (χ4n) is 2.39. The van der Waals surface area contributed by atoms with Gasteiger partial charge >= 0.3 is 0 Å². The lowest BCUT2D eigenvalue weighted by Crippen LogP contribution is -2.51. The van der Waals surface area contributed by atoms with Crippen LogP contribution in [0.5, 0.6) is 0 Å². The maximum atomic E-state index is 5.50. The highest BCUT2D eigenvalue weighted by Crippen LogP contribution is 2.20. The summed E-state index contributed by atoms with van der Waals surface area (Å²) < 4.78 is 5.50. The van der Waals surface area contributed by atoms with Crippen molar-refractivity contribution in [1.82, 2.24) is 10.2 Å². The number of ether oxygens (including phenoxy) is 1. The van der Waals surface area contributed by atoms with Crippen molar-refractivity contribution in [3.8, 4) is 0 Å². The quantitative estimate of drug-likeness (QED) is 0.567. The van der Waals surface area contributed by atoms with Gasteiger partial charge in [-0.15, -0.1) is 0 Å². The first-order valence-electron chi connectivity index (χ1n) is 6.66.